The molecule has 0 saturated carbocycles. The third-order valence-corrected chi connectivity index (χ3v) is 9.13. The molecule has 0 bridgehead atoms. The predicted octanol–water partition coefficient (Wildman–Crippen LogP) is 5.85. The lowest BCUT2D eigenvalue weighted by Gasteiger charge is -2.21. The Morgan fingerprint density at radius 3 is 1.54 bits per heavy atom. The number of rotatable bonds is 10. The Bertz CT molecular complexity index is 1830. The van der Waals surface area contributed by atoms with Gasteiger partial charge in [-0.1, -0.05) is 51.4 Å². The topological polar surface area (TPSA) is 188 Å². The fourth-order valence-electron chi connectivity index (χ4n) is 4.54. The highest BCUT2D eigenvalue weighted by Crippen LogP contribution is 2.35. The number of carbonyl (C=O) groups excluding carboxylic acids is 3. The third kappa shape index (κ3) is 9.28. The van der Waals surface area contributed by atoms with Crippen LogP contribution in [0.2, 0.25) is 5.02 Å². The minimum absolute atomic E-state index is 0.0116. The summed E-state index contributed by atoms with van der Waals surface area (Å²) in [5.74, 6) is -0.528. The van der Waals surface area contributed by atoms with Gasteiger partial charge in [0.2, 0.25) is 10.0 Å². The zero-order valence-corrected chi connectivity index (χ0v) is 29.1. The number of carbonyl (C=O) groups is 3. The fourth-order valence-corrected chi connectivity index (χ4v) is 6.75. The monoisotopic (exact) mass is 695 g/mol. The third-order valence-electron chi connectivity index (χ3n) is 6.59. The summed E-state index contributed by atoms with van der Waals surface area (Å²) in [5.41, 5.74) is 1.95. The molecular weight excluding hydrogens is 658 g/mol. The summed E-state index contributed by atoms with van der Waals surface area (Å²) in [7, 11) is -5.57. The number of ether oxygens (including phenoxy) is 2. The highest BCUT2D eigenvalue weighted by atomic mass is 35.5. The number of halogens is 1. The lowest BCUT2D eigenvalue weighted by molar-refractivity contribution is 0.0998. The van der Waals surface area contributed by atoms with E-state index in [1.54, 1.807) is 12.1 Å². The van der Waals surface area contributed by atoms with Crippen LogP contribution in [0.4, 0.5) is 10.5 Å². The Hall–Kier alpha value is -3.98. The summed E-state index contributed by atoms with van der Waals surface area (Å²) >= 11 is 6.24. The Labute approximate surface area is 274 Å². The van der Waals surface area contributed by atoms with Crippen molar-refractivity contribution in [2.24, 2.45) is 5.14 Å². The van der Waals surface area contributed by atoms with Gasteiger partial charge >= 0.3 is 6.03 Å². The standard InChI is InChI=1S/C22H27ClN2O5S.C9H11NO4S/c1-12(2)16-10-15(23)11-17(13(3)4)21(16)24-22(27)25-31(28,29)19-9-7-8-18(30-6)20(19)14(5)26;1-6(11)9-7(14-2)4-3-5-8(9)15(10,12)13/h7-13H,1-6H3,(H2,24,25,27);3-5H,1-2H3,(H2,10,12,13). The van der Waals surface area contributed by atoms with Crippen LogP contribution in [0.25, 0.3) is 0 Å². The number of nitrogens with one attached hydrogen (secondary N) is 2. The van der Waals surface area contributed by atoms with E-state index in [0.29, 0.717) is 10.7 Å². The van der Waals surface area contributed by atoms with Gasteiger partial charge in [-0.25, -0.2) is 31.5 Å². The van der Waals surface area contributed by atoms with Gasteiger partial charge in [0.25, 0.3) is 10.0 Å². The quantitative estimate of drug-likeness (QED) is 0.218. The first kappa shape index (κ1) is 38.2. The summed E-state index contributed by atoms with van der Waals surface area (Å²) in [6.45, 7) is 10.3. The normalized spacial score (nSPS) is 11.4. The summed E-state index contributed by atoms with van der Waals surface area (Å²) in [6.07, 6.45) is 0. The molecule has 0 radical (unpaired) electrons. The molecule has 3 aromatic rings. The number of amides is 2. The van der Waals surface area contributed by atoms with Crippen LogP contribution < -0.4 is 24.7 Å². The number of hydrogen-bond acceptors (Lipinski definition) is 9. The van der Waals surface area contributed by atoms with Crippen LogP contribution in [0.5, 0.6) is 11.5 Å². The molecule has 0 fully saturated rings. The molecule has 0 unspecified atom stereocenters. The first-order valence-electron chi connectivity index (χ1n) is 13.8. The van der Waals surface area contributed by atoms with Gasteiger partial charge < -0.3 is 14.8 Å². The smallest absolute Gasteiger partial charge is 0.333 e. The van der Waals surface area contributed by atoms with E-state index < -0.39 is 37.6 Å². The van der Waals surface area contributed by atoms with E-state index in [-0.39, 0.29) is 44.3 Å². The average Bonchev–Trinajstić information content (AvgIpc) is 2.96. The molecule has 15 heteroatoms. The Balaban J connectivity index is 0.000000410. The maximum Gasteiger partial charge on any atom is 0.333 e. The van der Waals surface area contributed by atoms with E-state index in [1.807, 2.05) is 32.4 Å². The number of ketones is 2. The van der Waals surface area contributed by atoms with Gasteiger partial charge in [-0.15, -0.1) is 0 Å². The van der Waals surface area contributed by atoms with E-state index in [9.17, 15) is 31.2 Å². The van der Waals surface area contributed by atoms with Gasteiger partial charge in [-0.2, -0.15) is 0 Å². The lowest BCUT2D eigenvalue weighted by Crippen LogP contribution is -2.35. The van der Waals surface area contributed by atoms with Crippen molar-refractivity contribution in [3.63, 3.8) is 0 Å². The predicted molar refractivity (Wildman–Crippen MR) is 176 cm³/mol. The molecule has 46 heavy (non-hydrogen) atoms. The van der Waals surface area contributed by atoms with Gasteiger partial charge in [0, 0.05) is 10.7 Å². The van der Waals surface area contributed by atoms with Gasteiger partial charge in [0.05, 0.1) is 30.2 Å². The van der Waals surface area contributed by atoms with E-state index in [0.717, 1.165) is 11.1 Å². The van der Waals surface area contributed by atoms with Crippen molar-refractivity contribution in [2.45, 2.75) is 63.2 Å². The maximum absolute atomic E-state index is 12.9. The molecule has 4 N–H and O–H groups in total. The fraction of sp³-hybridized carbons (Fsp3) is 0.323. The van der Waals surface area contributed by atoms with Crippen molar-refractivity contribution >= 4 is 54.9 Å². The molecular formula is C31H38ClN3O9S2. The summed E-state index contributed by atoms with van der Waals surface area (Å²) in [6, 6.07) is 11.0. The van der Waals surface area contributed by atoms with Crippen molar-refractivity contribution in [3.05, 3.63) is 75.8 Å². The molecule has 0 aliphatic heterocycles. The van der Waals surface area contributed by atoms with Crippen molar-refractivity contribution in [3.8, 4) is 11.5 Å². The molecule has 12 nitrogen and oxygen atoms in total. The number of nitrogens with two attached hydrogens (primary N) is 1. The molecule has 3 aromatic carbocycles. The number of methoxy groups -OCH3 is 2. The zero-order chi connectivity index (χ0) is 35.1. The minimum Gasteiger partial charge on any atom is -0.496 e. The van der Waals surface area contributed by atoms with E-state index in [2.05, 4.69) is 5.32 Å². The second kappa shape index (κ2) is 15.5. The van der Waals surface area contributed by atoms with Gasteiger partial charge in [-0.3, -0.25) is 9.59 Å². The molecule has 0 atom stereocenters. The number of anilines is 1. The van der Waals surface area contributed by atoms with E-state index >= 15 is 0 Å². The van der Waals surface area contributed by atoms with E-state index in [1.165, 1.54) is 64.5 Å². The van der Waals surface area contributed by atoms with Crippen molar-refractivity contribution in [2.75, 3.05) is 19.5 Å². The number of primary sulfonamides is 1. The molecule has 0 spiro atoms. The Morgan fingerprint density at radius 2 is 1.17 bits per heavy atom. The number of Topliss-reactive ketones (excluding diaryl/α,β-unsaturated/α-hetero) is 2. The highest BCUT2D eigenvalue weighted by Gasteiger charge is 2.27. The Kier molecular flexibility index (Phi) is 12.9. The van der Waals surface area contributed by atoms with Crippen LogP contribution in [0.15, 0.2) is 58.3 Å². The van der Waals surface area contributed by atoms with Crippen LogP contribution >= 0.6 is 11.6 Å². The zero-order valence-electron chi connectivity index (χ0n) is 26.7. The summed E-state index contributed by atoms with van der Waals surface area (Å²) in [4.78, 5) is 35.5. The van der Waals surface area contributed by atoms with Crippen LogP contribution in [-0.4, -0.2) is 48.7 Å². The average molecular weight is 696 g/mol. The Morgan fingerprint density at radius 1 is 0.761 bits per heavy atom. The number of sulfonamides is 2. The van der Waals surface area contributed by atoms with Crippen molar-refractivity contribution < 1.29 is 40.7 Å². The van der Waals surface area contributed by atoms with Crippen LogP contribution in [0, 0.1) is 0 Å². The summed E-state index contributed by atoms with van der Waals surface area (Å²) < 4.78 is 60.2. The second-order valence-electron chi connectivity index (χ2n) is 10.7. The van der Waals surface area contributed by atoms with Gasteiger partial charge in [-0.05, 0) is 73.2 Å². The largest absolute Gasteiger partial charge is 0.496 e. The maximum atomic E-state index is 12.9. The lowest BCUT2D eigenvalue weighted by atomic mass is 9.92. The molecule has 2 amide bonds. The van der Waals surface area contributed by atoms with Gasteiger partial charge in [0.1, 0.15) is 16.4 Å². The van der Waals surface area contributed by atoms with Gasteiger partial charge in [0.15, 0.2) is 11.6 Å². The van der Waals surface area contributed by atoms with E-state index in [4.69, 9.17) is 26.2 Å². The summed E-state index contributed by atoms with van der Waals surface area (Å²) in [5, 5.41) is 8.19. The molecule has 250 valence electrons. The molecule has 0 saturated heterocycles. The second-order valence-corrected chi connectivity index (χ2v) is 14.3. The first-order chi connectivity index (χ1) is 21.3. The molecule has 0 aliphatic rings. The molecule has 0 aromatic heterocycles. The number of hydrogen-bond donors (Lipinski definition) is 3. The van der Waals surface area contributed by atoms with Crippen molar-refractivity contribution in [1.82, 2.24) is 4.72 Å². The van der Waals surface area contributed by atoms with Crippen molar-refractivity contribution in [1.29, 1.82) is 0 Å². The minimum atomic E-state index is -4.35. The number of urea groups is 1. The first-order valence-corrected chi connectivity index (χ1v) is 17.2. The molecule has 3 rings (SSSR count). The highest BCUT2D eigenvalue weighted by molar-refractivity contribution is 7.90. The SMILES string of the molecule is COc1cccc(S(=O)(=O)NC(=O)Nc2c(C(C)C)cc(Cl)cc2C(C)C)c1C(C)=O.COc1cccc(S(N)(=O)=O)c1C(C)=O. The molecule has 0 aliphatic carbocycles. The van der Waals surface area contributed by atoms with Crippen LogP contribution in [0.3, 0.4) is 0 Å². The van der Waals surface area contributed by atoms with Crippen LogP contribution in [0.1, 0.15) is 85.2 Å². The molecule has 0 heterocycles. The van der Waals surface area contributed by atoms with Crippen LogP contribution in [-0.2, 0) is 20.0 Å². The number of benzene rings is 3.